The van der Waals surface area contributed by atoms with Gasteiger partial charge in [0, 0.05) is 0 Å². The third kappa shape index (κ3) is 3.27. The summed E-state index contributed by atoms with van der Waals surface area (Å²) in [6.07, 6.45) is 1.32. The fourth-order valence-corrected chi connectivity index (χ4v) is 1.50. The zero-order valence-electron chi connectivity index (χ0n) is 9.02. The van der Waals surface area contributed by atoms with Gasteiger partial charge in [-0.2, -0.15) is 0 Å². The molecule has 0 saturated heterocycles. The van der Waals surface area contributed by atoms with Gasteiger partial charge in [0.1, 0.15) is 0 Å². The number of rotatable bonds is 4. The van der Waals surface area contributed by atoms with Gasteiger partial charge >= 0.3 is 0 Å². The largest absolute Gasteiger partial charge is 0.0651 e. The first-order chi connectivity index (χ1) is 5.00. The molecule has 0 rings (SSSR count). The van der Waals surface area contributed by atoms with Gasteiger partial charge < -0.3 is 0 Å². The summed E-state index contributed by atoms with van der Waals surface area (Å²) >= 11 is 0. The number of hydrogen-bond acceptors (Lipinski definition) is 0. The second-order valence-electron chi connectivity index (χ2n) is 4.35. The lowest BCUT2D eigenvalue weighted by atomic mass is 9.78. The molecular weight excluding hydrogens is 132 g/mol. The lowest BCUT2D eigenvalue weighted by Crippen LogP contribution is -2.20. The van der Waals surface area contributed by atoms with E-state index in [9.17, 15) is 0 Å². The summed E-state index contributed by atoms with van der Waals surface area (Å²) in [5, 5.41) is 0. The molecule has 0 radical (unpaired) electrons. The van der Waals surface area contributed by atoms with Gasteiger partial charge in [0.05, 0.1) is 0 Å². The molecule has 1 unspecified atom stereocenters. The van der Waals surface area contributed by atoms with Gasteiger partial charge in [0.2, 0.25) is 0 Å². The van der Waals surface area contributed by atoms with Gasteiger partial charge in [0.25, 0.3) is 0 Å². The molecule has 0 spiro atoms. The van der Waals surface area contributed by atoms with Crippen molar-refractivity contribution in [3.63, 3.8) is 0 Å². The van der Waals surface area contributed by atoms with Crippen LogP contribution in [0.5, 0.6) is 0 Å². The average Bonchev–Trinajstić information content (AvgIpc) is 2.00. The van der Waals surface area contributed by atoms with Crippen LogP contribution in [0.25, 0.3) is 0 Å². The molecule has 68 valence electrons. The Hall–Kier alpha value is 0. The summed E-state index contributed by atoms with van der Waals surface area (Å²) in [6, 6.07) is 0. The average molecular weight is 156 g/mol. The van der Waals surface area contributed by atoms with Crippen LogP contribution in [0.1, 0.15) is 48.0 Å². The summed E-state index contributed by atoms with van der Waals surface area (Å²) in [7, 11) is 0. The van der Waals surface area contributed by atoms with Crippen LogP contribution >= 0.6 is 0 Å². The van der Waals surface area contributed by atoms with E-state index in [0.29, 0.717) is 0 Å². The maximum absolute atomic E-state index is 2.39. The van der Waals surface area contributed by atoms with Crippen molar-refractivity contribution in [3.8, 4) is 0 Å². The van der Waals surface area contributed by atoms with E-state index in [4.69, 9.17) is 0 Å². The lowest BCUT2D eigenvalue weighted by Gasteiger charge is -2.28. The van der Waals surface area contributed by atoms with Crippen LogP contribution in [0.2, 0.25) is 0 Å². The summed E-state index contributed by atoms with van der Waals surface area (Å²) in [6.45, 7) is 14.1. The van der Waals surface area contributed by atoms with Gasteiger partial charge in [-0.1, -0.05) is 48.0 Å². The molecule has 0 aromatic carbocycles. The molecule has 0 fully saturated rings. The molecule has 0 heteroatoms. The first kappa shape index (κ1) is 11.0. The van der Waals surface area contributed by atoms with Crippen LogP contribution in [0.15, 0.2) is 0 Å². The zero-order valence-corrected chi connectivity index (χ0v) is 9.02. The van der Waals surface area contributed by atoms with E-state index < -0.39 is 0 Å². The SMILES string of the molecule is CC[C@H](C)C(C)[C@H](C)C(C)C. The highest BCUT2D eigenvalue weighted by atomic mass is 14.2. The first-order valence-corrected chi connectivity index (χ1v) is 5.00. The topological polar surface area (TPSA) is 0 Å². The predicted molar refractivity (Wildman–Crippen MR) is 52.6 cm³/mol. The molecule has 0 amide bonds. The standard InChI is InChI=1S/C11H24/c1-7-9(4)11(6)10(5)8(2)3/h8-11H,7H2,1-6H3/t9-,10+,11?/m0/s1. The summed E-state index contributed by atoms with van der Waals surface area (Å²) in [5.74, 6) is 3.45. The van der Waals surface area contributed by atoms with E-state index in [1.165, 1.54) is 6.42 Å². The second-order valence-corrected chi connectivity index (χ2v) is 4.35. The van der Waals surface area contributed by atoms with Crippen LogP contribution < -0.4 is 0 Å². The van der Waals surface area contributed by atoms with Gasteiger partial charge in [-0.15, -0.1) is 0 Å². The highest BCUT2D eigenvalue weighted by Crippen LogP contribution is 2.27. The summed E-state index contributed by atoms with van der Waals surface area (Å²) in [4.78, 5) is 0. The first-order valence-electron chi connectivity index (χ1n) is 5.00. The molecular formula is C11H24. The Bertz CT molecular complexity index is 94.2. The van der Waals surface area contributed by atoms with E-state index in [1.807, 2.05) is 0 Å². The molecule has 0 aliphatic heterocycles. The van der Waals surface area contributed by atoms with Crippen molar-refractivity contribution in [3.05, 3.63) is 0 Å². The van der Waals surface area contributed by atoms with Crippen molar-refractivity contribution in [2.45, 2.75) is 48.0 Å². The van der Waals surface area contributed by atoms with Crippen LogP contribution in [-0.2, 0) is 0 Å². The maximum Gasteiger partial charge on any atom is -0.0389 e. The summed E-state index contributed by atoms with van der Waals surface area (Å²) in [5.41, 5.74) is 0. The third-order valence-electron chi connectivity index (χ3n) is 3.42. The van der Waals surface area contributed by atoms with Crippen molar-refractivity contribution in [2.75, 3.05) is 0 Å². The van der Waals surface area contributed by atoms with Gasteiger partial charge in [-0.05, 0) is 23.7 Å². The van der Waals surface area contributed by atoms with Crippen molar-refractivity contribution >= 4 is 0 Å². The molecule has 0 heterocycles. The van der Waals surface area contributed by atoms with Crippen molar-refractivity contribution in [1.29, 1.82) is 0 Å². The molecule has 11 heavy (non-hydrogen) atoms. The fourth-order valence-electron chi connectivity index (χ4n) is 1.50. The molecule has 0 aliphatic carbocycles. The normalized spacial score (nSPS) is 19.9. The van der Waals surface area contributed by atoms with Crippen LogP contribution in [-0.4, -0.2) is 0 Å². The Morgan fingerprint density at radius 1 is 0.818 bits per heavy atom. The minimum Gasteiger partial charge on any atom is -0.0651 e. The third-order valence-corrected chi connectivity index (χ3v) is 3.42. The lowest BCUT2D eigenvalue weighted by molar-refractivity contribution is 0.219. The molecule has 0 aromatic rings. The van der Waals surface area contributed by atoms with E-state index in [2.05, 4.69) is 41.5 Å². The quantitative estimate of drug-likeness (QED) is 0.578. The molecule has 0 N–H and O–H groups in total. The Morgan fingerprint density at radius 3 is 1.55 bits per heavy atom. The fraction of sp³-hybridized carbons (Fsp3) is 1.00. The Kier molecular flexibility index (Phi) is 4.79. The van der Waals surface area contributed by atoms with Crippen LogP contribution in [0.3, 0.4) is 0 Å². The van der Waals surface area contributed by atoms with Crippen molar-refractivity contribution < 1.29 is 0 Å². The Labute approximate surface area is 72.4 Å². The van der Waals surface area contributed by atoms with Crippen molar-refractivity contribution in [2.24, 2.45) is 23.7 Å². The minimum absolute atomic E-state index is 0.832. The van der Waals surface area contributed by atoms with Crippen LogP contribution in [0.4, 0.5) is 0 Å². The van der Waals surface area contributed by atoms with Gasteiger partial charge in [-0.3, -0.25) is 0 Å². The van der Waals surface area contributed by atoms with E-state index >= 15 is 0 Å². The molecule has 0 bridgehead atoms. The monoisotopic (exact) mass is 156 g/mol. The maximum atomic E-state index is 2.39. The Morgan fingerprint density at radius 2 is 1.27 bits per heavy atom. The van der Waals surface area contributed by atoms with Crippen LogP contribution in [0, 0.1) is 23.7 Å². The highest BCUT2D eigenvalue weighted by molar-refractivity contribution is 4.69. The van der Waals surface area contributed by atoms with Gasteiger partial charge in [-0.25, -0.2) is 0 Å². The molecule has 0 saturated carbocycles. The van der Waals surface area contributed by atoms with Gasteiger partial charge in [0.15, 0.2) is 0 Å². The second kappa shape index (κ2) is 4.79. The van der Waals surface area contributed by atoms with E-state index in [0.717, 1.165) is 23.7 Å². The van der Waals surface area contributed by atoms with Crippen molar-refractivity contribution in [1.82, 2.24) is 0 Å². The molecule has 0 aliphatic rings. The molecule has 3 atom stereocenters. The smallest absolute Gasteiger partial charge is 0.0389 e. The molecule has 0 nitrogen and oxygen atoms in total. The zero-order chi connectivity index (χ0) is 9.02. The predicted octanol–water partition coefficient (Wildman–Crippen LogP) is 3.96. The van der Waals surface area contributed by atoms with E-state index in [-0.39, 0.29) is 0 Å². The molecule has 0 aromatic heterocycles. The minimum atomic E-state index is 0.832. The Balaban J connectivity index is 3.90. The number of hydrogen-bond donors (Lipinski definition) is 0. The summed E-state index contributed by atoms with van der Waals surface area (Å²) < 4.78 is 0. The van der Waals surface area contributed by atoms with E-state index in [1.54, 1.807) is 0 Å². The highest BCUT2D eigenvalue weighted by Gasteiger charge is 2.19.